The van der Waals surface area contributed by atoms with Crippen LogP contribution in [0.2, 0.25) is 0 Å². The monoisotopic (exact) mass is 396 g/mol. The molecule has 29 heavy (non-hydrogen) atoms. The highest BCUT2D eigenvalue weighted by Crippen LogP contribution is 2.30. The number of carbonyl (C=O) groups is 2. The quantitative estimate of drug-likeness (QED) is 0.242. The van der Waals surface area contributed by atoms with Gasteiger partial charge in [0.15, 0.2) is 17.2 Å². The average Bonchev–Trinajstić information content (AvgIpc) is 3.04. The summed E-state index contributed by atoms with van der Waals surface area (Å²) in [6.45, 7) is 3.42. The largest absolute Gasteiger partial charge is 0.490 e. The number of hydrogen-bond acceptors (Lipinski definition) is 8. The van der Waals surface area contributed by atoms with Gasteiger partial charge in [-0.3, -0.25) is 14.9 Å². The van der Waals surface area contributed by atoms with Crippen molar-refractivity contribution in [3.8, 4) is 11.5 Å². The van der Waals surface area contributed by atoms with E-state index in [9.17, 15) is 19.7 Å². The molecule has 0 N–H and O–H groups in total. The Bertz CT molecular complexity index is 1060. The Balaban J connectivity index is 1.92. The summed E-state index contributed by atoms with van der Waals surface area (Å²) in [7, 11) is 0. The molecule has 0 atom stereocenters. The predicted octanol–water partition coefficient (Wildman–Crippen LogP) is 3.26. The molecule has 2 aromatic carbocycles. The fraction of sp³-hybridized carbons (Fsp3) is 0.150. The third kappa shape index (κ3) is 4.64. The van der Waals surface area contributed by atoms with Crippen molar-refractivity contribution in [2.75, 3.05) is 6.61 Å². The smallest absolute Gasteiger partial charge is 0.363 e. The lowest BCUT2D eigenvalue weighted by Crippen LogP contribution is -2.06. The Morgan fingerprint density at radius 2 is 2.03 bits per heavy atom. The minimum Gasteiger partial charge on any atom is -0.490 e. The molecule has 0 fully saturated rings. The molecule has 0 saturated carbocycles. The van der Waals surface area contributed by atoms with Gasteiger partial charge in [0.2, 0.25) is 5.90 Å². The van der Waals surface area contributed by atoms with Crippen molar-refractivity contribution < 1.29 is 28.7 Å². The van der Waals surface area contributed by atoms with E-state index in [4.69, 9.17) is 14.2 Å². The summed E-state index contributed by atoms with van der Waals surface area (Å²) in [5.41, 5.74) is 0.770. The molecule has 1 aliphatic rings. The van der Waals surface area contributed by atoms with E-state index >= 15 is 0 Å². The molecule has 0 radical (unpaired) electrons. The number of nitrogens with zero attached hydrogens (tertiary/aromatic N) is 2. The zero-order valence-electron chi connectivity index (χ0n) is 15.6. The average molecular weight is 396 g/mol. The maximum absolute atomic E-state index is 12.2. The molecular weight excluding hydrogens is 380 g/mol. The van der Waals surface area contributed by atoms with E-state index in [0.29, 0.717) is 23.5 Å². The Morgan fingerprint density at radius 1 is 1.24 bits per heavy atom. The number of carbonyl (C=O) groups excluding carboxylic acids is 2. The summed E-state index contributed by atoms with van der Waals surface area (Å²) in [5, 5.41) is 10.9. The highest BCUT2D eigenvalue weighted by Gasteiger charge is 2.25. The van der Waals surface area contributed by atoms with Crippen molar-refractivity contribution in [1.82, 2.24) is 0 Å². The van der Waals surface area contributed by atoms with E-state index in [-0.39, 0.29) is 23.0 Å². The van der Waals surface area contributed by atoms with Gasteiger partial charge < -0.3 is 14.2 Å². The maximum atomic E-state index is 12.2. The molecular formula is C20H16N2O7. The molecule has 0 aliphatic carbocycles. The lowest BCUT2D eigenvalue weighted by Gasteiger charge is -2.10. The van der Waals surface area contributed by atoms with Crippen molar-refractivity contribution in [2.45, 2.75) is 13.8 Å². The Morgan fingerprint density at radius 3 is 2.72 bits per heavy atom. The lowest BCUT2D eigenvalue weighted by atomic mass is 10.1. The van der Waals surface area contributed by atoms with Gasteiger partial charge in [-0.25, -0.2) is 9.79 Å². The SMILES string of the molecule is CCOc1cc(C=C2N=C(c3cccc([N+](=O)[O-])c3)OC2=O)ccc1OC(C)=O. The number of nitro groups is 1. The van der Waals surface area contributed by atoms with Crippen LogP contribution >= 0.6 is 0 Å². The van der Waals surface area contributed by atoms with Gasteiger partial charge in [-0.1, -0.05) is 12.1 Å². The van der Waals surface area contributed by atoms with Crippen molar-refractivity contribution in [1.29, 1.82) is 0 Å². The molecule has 0 spiro atoms. The van der Waals surface area contributed by atoms with Gasteiger partial charge in [0.25, 0.3) is 5.69 Å². The Kier molecular flexibility index (Phi) is 5.68. The standard InChI is InChI=1S/C20H16N2O7/c1-3-27-18-10-13(7-8-17(18)28-12(2)23)9-16-20(24)29-19(21-16)14-5-4-6-15(11-14)22(25)26/h4-11H,3H2,1-2H3. The zero-order valence-corrected chi connectivity index (χ0v) is 15.6. The molecule has 3 rings (SSSR count). The molecule has 2 aromatic rings. The van der Waals surface area contributed by atoms with Crippen LogP contribution in [0, 0.1) is 10.1 Å². The molecule has 0 amide bonds. The van der Waals surface area contributed by atoms with E-state index in [2.05, 4.69) is 4.99 Å². The lowest BCUT2D eigenvalue weighted by molar-refractivity contribution is -0.384. The summed E-state index contributed by atoms with van der Waals surface area (Å²) < 4.78 is 15.7. The van der Waals surface area contributed by atoms with Crippen molar-refractivity contribution >= 4 is 29.6 Å². The number of non-ortho nitro benzene ring substituents is 1. The van der Waals surface area contributed by atoms with Gasteiger partial charge in [-0.2, -0.15) is 0 Å². The van der Waals surface area contributed by atoms with Crippen LogP contribution in [0.25, 0.3) is 6.08 Å². The van der Waals surface area contributed by atoms with Gasteiger partial charge >= 0.3 is 11.9 Å². The molecule has 9 nitrogen and oxygen atoms in total. The van der Waals surface area contributed by atoms with Crippen molar-refractivity contribution in [3.63, 3.8) is 0 Å². The summed E-state index contributed by atoms with van der Waals surface area (Å²) in [4.78, 5) is 37.9. The van der Waals surface area contributed by atoms with Gasteiger partial charge in [0.1, 0.15) is 0 Å². The first kappa shape index (κ1) is 19.7. The second kappa shape index (κ2) is 8.34. The van der Waals surface area contributed by atoms with Crippen LogP contribution in [0.3, 0.4) is 0 Å². The summed E-state index contributed by atoms with van der Waals surface area (Å²) >= 11 is 0. The minimum absolute atomic E-state index is 0.0217. The van der Waals surface area contributed by atoms with E-state index in [1.807, 2.05) is 0 Å². The second-order valence-corrected chi connectivity index (χ2v) is 5.88. The van der Waals surface area contributed by atoms with Crippen molar-refractivity contribution in [3.05, 3.63) is 69.4 Å². The number of benzene rings is 2. The number of ether oxygens (including phenoxy) is 3. The van der Waals surface area contributed by atoms with Gasteiger partial charge in [-0.15, -0.1) is 0 Å². The molecule has 9 heteroatoms. The second-order valence-electron chi connectivity index (χ2n) is 5.88. The van der Waals surface area contributed by atoms with Crippen LogP contribution in [0.5, 0.6) is 11.5 Å². The summed E-state index contributed by atoms with van der Waals surface area (Å²) in [6.07, 6.45) is 1.48. The van der Waals surface area contributed by atoms with Crippen LogP contribution < -0.4 is 9.47 Å². The van der Waals surface area contributed by atoms with Gasteiger partial charge in [0.05, 0.1) is 11.5 Å². The summed E-state index contributed by atoms with van der Waals surface area (Å²) in [5.74, 6) is -0.592. The van der Waals surface area contributed by atoms with E-state index < -0.39 is 16.9 Å². The fourth-order valence-electron chi connectivity index (χ4n) is 2.56. The van der Waals surface area contributed by atoms with Crippen LogP contribution in [-0.2, 0) is 14.3 Å². The highest BCUT2D eigenvalue weighted by atomic mass is 16.6. The maximum Gasteiger partial charge on any atom is 0.363 e. The summed E-state index contributed by atoms with van der Waals surface area (Å²) in [6, 6.07) is 10.4. The van der Waals surface area contributed by atoms with E-state index in [1.54, 1.807) is 31.2 Å². The topological polar surface area (TPSA) is 117 Å². The molecule has 0 bridgehead atoms. The first-order valence-corrected chi connectivity index (χ1v) is 8.60. The number of hydrogen-bond donors (Lipinski definition) is 0. The Labute approximate surface area is 165 Å². The molecule has 1 heterocycles. The third-order valence-corrected chi connectivity index (χ3v) is 3.75. The zero-order chi connectivity index (χ0) is 21.0. The minimum atomic E-state index is -0.687. The normalized spacial score (nSPS) is 14.3. The fourth-order valence-corrected chi connectivity index (χ4v) is 2.56. The molecule has 148 valence electrons. The molecule has 0 saturated heterocycles. The number of rotatable bonds is 6. The first-order chi connectivity index (χ1) is 13.9. The third-order valence-electron chi connectivity index (χ3n) is 3.75. The molecule has 0 unspecified atom stereocenters. The van der Waals surface area contributed by atoms with Crippen LogP contribution in [-0.4, -0.2) is 29.4 Å². The number of cyclic esters (lactones) is 1. The van der Waals surface area contributed by atoms with Gasteiger partial charge in [-0.05, 0) is 36.8 Å². The first-order valence-electron chi connectivity index (χ1n) is 8.60. The number of esters is 2. The van der Waals surface area contributed by atoms with E-state index in [0.717, 1.165) is 0 Å². The van der Waals surface area contributed by atoms with Gasteiger partial charge in [0, 0.05) is 24.6 Å². The van der Waals surface area contributed by atoms with Crippen LogP contribution in [0.15, 0.2) is 53.2 Å². The number of aliphatic imine (C=N–C) groups is 1. The Hall–Kier alpha value is -4.01. The molecule has 1 aliphatic heterocycles. The number of nitro benzene ring substituents is 1. The van der Waals surface area contributed by atoms with Crippen LogP contribution in [0.1, 0.15) is 25.0 Å². The predicted molar refractivity (Wildman–Crippen MR) is 103 cm³/mol. The highest BCUT2D eigenvalue weighted by molar-refractivity contribution is 6.13. The van der Waals surface area contributed by atoms with E-state index in [1.165, 1.54) is 31.2 Å². The van der Waals surface area contributed by atoms with Crippen LogP contribution in [0.4, 0.5) is 5.69 Å². The molecule has 0 aromatic heterocycles. The van der Waals surface area contributed by atoms with Crippen molar-refractivity contribution in [2.24, 2.45) is 4.99 Å².